The number of para-hydroxylation sites is 1. The van der Waals surface area contributed by atoms with Gasteiger partial charge in [0.2, 0.25) is 10.0 Å². The molecule has 0 bridgehead atoms. The van der Waals surface area contributed by atoms with E-state index in [1.807, 2.05) is 24.3 Å². The Morgan fingerprint density at radius 1 is 1.09 bits per heavy atom. The maximum absolute atomic E-state index is 13.0. The third-order valence-electron chi connectivity index (χ3n) is 3.67. The van der Waals surface area contributed by atoms with Crippen LogP contribution in [0.3, 0.4) is 0 Å². The van der Waals surface area contributed by atoms with E-state index in [2.05, 4.69) is 5.32 Å². The highest BCUT2D eigenvalue weighted by Gasteiger charge is 2.26. The fourth-order valence-electron chi connectivity index (χ4n) is 2.59. The molecule has 0 saturated carbocycles. The highest BCUT2D eigenvalue weighted by molar-refractivity contribution is 7.92. The lowest BCUT2D eigenvalue weighted by Gasteiger charge is -2.24. The lowest BCUT2D eigenvalue weighted by atomic mass is 10.2. The van der Waals surface area contributed by atoms with Crippen LogP contribution < -0.4 is 9.62 Å². The normalized spacial score (nSPS) is 15.2. The van der Waals surface area contributed by atoms with Gasteiger partial charge in [-0.3, -0.25) is 4.31 Å². The van der Waals surface area contributed by atoms with Crippen molar-refractivity contribution in [1.82, 2.24) is 5.32 Å². The molecule has 6 heteroatoms. The summed E-state index contributed by atoms with van der Waals surface area (Å²) in [5.41, 5.74) is 2.26. The molecule has 4 nitrogen and oxygen atoms in total. The van der Waals surface area contributed by atoms with Gasteiger partial charge < -0.3 is 5.32 Å². The van der Waals surface area contributed by atoms with E-state index in [1.54, 1.807) is 0 Å². The number of benzene rings is 2. The summed E-state index contributed by atoms with van der Waals surface area (Å²) in [4.78, 5) is 0. The quantitative estimate of drug-likeness (QED) is 0.944. The number of fused-ring (bicyclic) bond motifs is 1. The summed E-state index contributed by atoms with van der Waals surface area (Å²) in [6.45, 7) is 1.64. The summed E-state index contributed by atoms with van der Waals surface area (Å²) in [5.74, 6) is -0.507. The molecular formula is C16H17FN2O2S. The van der Waals surface area contributed by atoms with Crippen molar-refractivity contribution >= 4 is 15.7 Å². The molecule has 0 radical (unpaired) electrons. The summed E-state index contributed by atoms with van der Waals surface area (Å²) in [5, 5.41) is 3.22. The number of hydrogen-bond acceptors (Lipinski definition) is 3. The smallest absolute Gasteiger partial charge is 0.239 e. The monoisotopic (exact) mass is 320 g/mol. The Morgan fingerprint density at radius 2 is 1.82 bits per heavy atom. The SMILES string of the molecule is O=S(=O)(Cc1ccc(F)cc1)N1CCNCc2ccccc21. The van der Waals surface area contributed by atoms with Crippen molar-refractivity contribution in [2.75, 3.05) is 17.4 Å². The Bertz CT molecular complexity index is 760. The Kier molecular flexibility index (Phi) is 4.13. The molecule has 0 fully saturated rings. The first kappa shape index (κ1) is 15.0. The minimum Gasteiger partial charge on any atom is -0.311 e. The maximum atomic E-state index is 13.0. The fourth-order valence-corrected chi connectivity index (χ4v) is 4.20. The average molecular weight is 320 g/mol. The number of sulfonamides is 1. The van der Waals surface area contributed by atoms with Gasteiger partial charge in [0.15, 0.2) is 0 Å². The molecule has 0 aromatic heterocycles. The molecule has 1 aliphatic heterocycles. The number of nitrogens with one attached hydrogen (secondary N) is 1. The second-order valence-corrected chi connectivity index (χ2v) is 7.15. The number of nitrogens with zero attached hydrogens (tertiary/aromatic N) is 1. The van der Waals surface area contributed by atoms with Crippen molar-refractivity contribution in [2.45, 2.75) is 12.3 Å². The highest BCUT2D eigenvalue weighted by atomic mass is 32.2. The van der Waals surface area contributed by atoms with Crippen LogP contribution in [0.2, 0.25) is 0 Å². The minimum atomic E-state index is -3.52. The number of rotatable bonds is 3. The van der Waals surface area contributed by atoms with Gasteiger partial charge in [-0.05, 0) is 29.3 Å². The molecule has 0 aliphatic carbocycles. The molecule has 1 aliphatic rings. The zero-order valence-corrected chi connectivity index (χ0v) is 12.8. The van der Waals surface area contributed by atoms with E-state index < -0.39 is 10.0 Å². The van der Waals surface area contributed by atoms with Crippen LogP contribution in [0, 0.1) is 5.82 Å². The zero-order valence-electron chi connectivity index (χ0n) is 12.0. The third-order valence-corrected chi connectivity index (χ3v) is 5.41. The van der Waals surface area contributed by atoms with Crippen molar-refractivity contribution in [3.8, 4) is 0 Å². The third kappa shape index (κ3) is 3.13. The lowest BCUT2D eigenvalue weighted by Crippen LogP contribution is -2.35. The van der Waals surface area contributed by atoms with Gasteiger partial charge in [-0.1, -0.05) is 30.3 Å². The largest absolute Gasteiger partial charge is 0.311 e. The van der Waals surface area contributed by atoms with Crippen LogP contribution in [0.1, 0.15) is 11.1 Å². The first-order chi connectivity index (χ1) is 10.6. The standard InChI is InChI=1S/C16H17FN2O2S/c17-15-7-5-13(6-8-15)12-22(20,21)19-10-9-18-11-14-3-1-2-4-16(14)19/h1-8,18H,9-12H2. The lowest BCUT2D eigenvalue weighted by molar-refractivity contribution is 0.588. The first-order valence-electron chi connectivity index (χ1n) is 7.10. The van der Waals surface area contributed by atoms with Crippen molar-refractivity contribution in [3.05, 3.63) is 65.5 Å². The second kappa shape index (κ2) is 6.06. The molecule has 1 N–H and O–H groups in total. The van der Waals surface area contributed by atoms with Gasteiger partial charge in [-0.25, -0.2) is 12.8 Å². The number of halogens is 1. The van der Waals surface area contributed by atoms with E-state index in [0.29, 0.717) is 25.2 Å². The van der Waals surface area contributed by atoms with E-state index in [9.17, 15) is 12.8 Å². The Hall–Kier alpha value is -1.92. The van der Waals surface area contributed by atoms with Gasteiger partial charge >= 0.3 is 0 Å². The molecule has 22 heavy (non-hydrogen) atoms. The predicted octanol–water partition coefficient (Wildman–Crippen LogP) is 2.27. The molecule has 0 saturated heterocycles. The highest BCUT2D eigenvalue weighted by Crippen LogP contribution is 2.26. The molecule has 0 amide bonds. The second-order valence-electron chi connectivity index (χ2n) is 5.26. The van der Waals surface area contributed by atoms with Crippen LogP contribution in [-0.2, 0) is 22.3 Å². The average Bonchev–Trinajstić information content (AvgIpc) is 2.72. The van der Waals surface area contributed by atoms with Gasteiger partial charge in [0.05, 0.1) is 11.4 Å². The van der Waals surface area contributed by atoms with E-state index in [-0.39, 0.29) is 11.6 Å². The summed E-state index contributed by atoms with van der Waals surface area (Å²) in [6, 6.07) is 13.1. The van der Waals surface area contributed by atoms with Crippen LogP contribution in [0.5, 0.6) is 0 Å². The fraction of sp³-hybridized carbons (Fsp3) is 0.250. The molecular weight excluding hydrogens is 303 g/mol. The number of hydrogen-bond donors (Lipinski definition) is 1. The topological polar surface area (TPSA) is 49.4 Å². The molecule has 2 aromatic rings. The van der Waals surface area contributed by atoms with Crippen LogP contribution in [0.25, 0.3) is 0 Å². The van der Waals surface area contributed by atoms with Crippen molar-refractivity contribution in [2.24, 2.45) is 0 Å². The summed E-state index contributed by atoms with van der Waals surface area (Å²) >= 11 is 0. The van der Waals surface area contributed by atoms with Gasteiger partial charge in [0.25, 0.3) is 0 Å². The summed E-state index contributed by atoms with van der Waals surface area (Å²) in [6.07, 6.45) is 0. The molecule has 3 rings (SSSR count). The first-order valence-corrected chi connectivity index (χ1v) is 8.71. The predicted molar refractivity (Wildman–Crippen MR) is 84.5 cm³/mol. The Balaban J connectivity index is 1.93. The maximum Gasteiger partial charge on any atom is 0.239 e. The molecule has 1 heterocycles. The van der Waals surface area contributed by atoms with Crippen LogP contribution in [-0.4, -0.2) is 21.5 Å². The van der Waals surface area contributed by atoms with Gasteiger partial charge in [0.1, 0.15) is 5.82 Å². The minimum absolute atomic E-state index is 0.137. The molecule has 0 spiro atoms. The van der Waals surface area contributed by atoms with Crippen molar-refractivity contribution in [3.63, 3.8) is 0 Å². The molecule has 2 aromatic carbocycles. The Morgan fingerprint density at radius 3 is 2.59 bits per heavy atom. The summed E-state index contributed by atoms with van der Waals surface area (Å²) < 4.78 is 39.9. The van der Waals surface area contributed by atoms with Gasteiger partial charge in [0, 0.05) is 19.6 Å². The Labute approximate surface area is 129 Å². The van der Waals surface area contributed by atoms with Crippen LogP contribution in [0.4, 0.5) is 10.1 Å². The van der Waals surface area contributed by atoms with E-state index in [1.165, 1.54) is 28.6 Å². The van der Waals surface area contributed by atoms with Crippen LogP contribution in [0.15, 0.2) is 48.5 Å². The van der Waals surface area contributed by atoms with Gasteiger partial charge in [-0.2, -0.15) is 0 Å². The van der Waals surface area contributed by atoms with Crippen molar-refractivity contribution in [1.29, 1.82) is 0 Å². The molecule has 0 atom stereocenters. The van der Waals surface area contributed by atoms with Gasteiger partial charge in [-0.15, -0.1) is 0 Å². The van der Waals surface area contributed by atoms with E-state index in [4.69, 9.17) is 0 Å². The number of anilines is 1. The van der Waals surface area contributed by atoms with Crippen LogP contribution >= 0.6 is 0 Å². The van der Waals surface area contributed by atoms with Crippen molar-refractivity contribution < 1.29 is 12.8 Å². The van der Waals surface area contributed by atoms with E-state index in [0.717, 1.165) is 11.3 Å². The summed E-state index contributed by atoms with van der Waals surface area (Å²) in [7, 11) is -3.52. The molecule has 0 unspecified atom stereocenters. The zero-order chi connectivity index (χ0) is 15.6. The molecule has 116 valence electrons. The van der Waals surface area contributed by atoms with E-state index >= 15 is 0 Å².